The van der Waals surface area contributed by atoms with Crippen molar-refractivity contribution < 1.29 is 15.0 Å². The van der Waals surface area contributed by atoms with Gasteiger partial charge in [-0.05, 0) is 30.9 Å². The van der Waals surface area contributed by atoms with Crippen molar-refractivity contribution in [1.82, 2.24) is 19.7 Å². The second-order valence-corrected chi connectivity index (χ2v) is 7.47. The Morgan fingerprint density at radius 2 is 2.12 bits per heavy atom. The van der Waals surface area contributed by atoms with Gasteiger partial charge in [0.25, 0.3) is 0 Å². The van der Waals surface area contributed by atoms with Crippen LogP contribution < -0.4 is 4.90 Å². The van der Waals surface area contributed by atoms with Crippen LogP contribution >= 0.6 is 0 Å². The van der Waals surface area contributed by atoms with Gasteiger partial charge in [-0.3, -0.25) is 4.79 Å². The molecular weight excluding hydrogens is 334 g/mol. The van der Waals surface area contributed by atoms with Crippen molar-refractivity contribution >= 4 is 11.8 Å². The first-order chi connectivity index (χ1) is 12.5. The zero-order valence-corrected chi connectivity index (χ0v) is 14.7. The van der Waals surface area contributed by atoms with Gasteiger partial charge in [0.1, 0.15) is 11.1 Å². The third-order valence-corrected chi connectivity index (χ3v) is 5.58. The highest BCUT2D eigenvalue weighted by Gasteiger charge is 2.52. The Morgan fingerprint density at radius 1 is 1.31 bits per heavy atom. The summed E-state index contributed by atoms with van der Waals surface area (Å²) in [6.07, 6.45) is 5.78. The molecule has 0 aromatic carbocycles. The summed E-state index contributed by atoms with van der Waals surface area (Å²) >= 11 is 0. The first-order valence-electron chi connectivity index (χ1n) is 8.97. The zero-order chi connectivity index (χ0) is 18.3. The molecule has 2 aliphatic rings. The van der Waals surface area contributed by atoms with Crippen molar-refractivity contribution in [2.45, 2.75) is 31.8 Å². The fourth-order valence-corrected chi connectivity index (χ4v) is 3.84. The van der Waals surface area contributed by atoms with Gasteiger partial charge in [-0.15, -0.1) is 10.2 Å². The van der Waals surface area contributed by atoms with Gasteiger partial charge < -0.3 is 19.7 Å². The fourth-order valence-electron chi connectivity index (χ4n) is 3.84. The molecule has 2 fully saturated rings. The number of hydrogen-bond donors (Lipinski definition) is 2. The van der Waals surface area contributed by atoms with Crippen molar-refractivity contribution in [2.24, 2.45) is 18.4 Å². The first-order valence-corrected chi connectivity index (χ1v) is 8.97. The maximum absolute atomic E-state index is 12.0. The van der Waals surface area contributed by atoms with Crippen LogP contribution in [0.25, 0.3) is 11.5 Å². The summed E-state index contributed by atoms with van der Waals surface area (Å²) in [5.74, 6) is 0.861. The lowest BCUT2D eigenvalue weighted by atomic mass is 9.73. The molecule has 2 aromatic rings. The summed E-state index contributed by atoms with van der Waals surface area (Å²) in [5, 5.41) is 28.9. The van der Waals surface area contributed by atoms with Crippen LogP contribution in [0.15, 0.2) is 24.5 Å². The van der Waals surface area contributed by atoms with Crippen LogP contribution in [-0.4, -0.2) is 55.1 Å². The van der Waals surface area contributed by atoms with Gasteiger partial charge in [0.15, 0.2) is 11.6 Å². The van der Waals surface area contributed by atoms with Gasteiger partial charge >= 0.3 is 5.97 Å². The minimum Gasteiger partial charge on any atom is -0.481 e. The molecule has 3 heterocycles. The summed E-state index contributed by atoms with van der Waals surface area (Å²) < 4.78 is 1.87. The molecule has 1 saturated heterocycles. The lowest BCUT2D eigenvalue weighted by Gasteiger charge is -2.43. The van der Waals surface area contributed by atoms with Crippen LogP contribution in [0.2, 0.25) is 0 Å². The third-order valence-electron chi connectivity index (χ3n) is 5.58. The number of anilines is 1. The number of imidazole rings is 1. The summed E-state index contributed by atoms with van der Waals surface area (Å²) in [4.78, 5) is 18.2. The van der Waals surface area contributed by atoms with E-state index in [0.717, 1.165) is 18.7 Å². The van der Waals surface area contributed by atoms with E-state index in [0.29, 0.717) is 36.8 Å². The van der Waals surface area contributed by atoms with Crippen molar-refractivity contribution in [2.75, 3.05) is 18.0 Å². The molecule has 0 radical (unpaired) electrons. The molecule has 0 unspecified atom stereocenters. The molecule has 1 aliphatic heterocycles. The average molecular weight is 357 g/mol. The third kappa shape index (κ3) is 2.94. The van der Waals surface area contributed by atoms with Crippen LogP contribution in [0.3, 0.4) is 0 Å². The highest BCUT2D eigenvalue weighted by atomic mass is 16.4. The number of carbonyl (C=O) groups is 1. The summed E-state index contributed by atoms with van der Waals surface area (Å²) in [7, 11) is 1.89. The highest BCUT2D eigenvalue weighted by Crippen LogP contribution is 2.45. The highest BCUT2D eigenvalue weighted by molar-refractivity contribution is 5.77. The largest absolute Gasteiger partial charge is 0.481 e. The van der Waals surface area contributed by atoms with Gasteiger partial charge in [0.2, 0.25) is 0 Å². The quantitative estimate of drug-likeness (QED) is 0.831. The van der Waals surface area contributed by atoms with Crippen molar-refractivity contribution in [1.29, 1.82) is 0 Å². The SMILES string of the molecule is Cn1ccnc1-c1ccc(N2CC[C@H](O)[C@](CC3CC3)(C(=O)O)C2)nn1. The normalized spacial score (nSPS) is 26.1. The number of aryl methyl sites for hydroxylation is 1. The molecule has 1 aliphatic carbocycles. The Kier molecular flexibility index (Phi) is 4.14. The molecule has 8 nitrogen and oxygen atoms in total. The average Bonchev–Trinajstić information content (AvgIpc) is 3.34. The fraction of sp³-hybridized carbons (Fsp3) is 0.556. The van der Waals surface area contributed by atoms with Gasteiger partial charge in [-0.1, -0.05) is 12.8 Å². The molecule has 26 heavy (non-hydrogen) atoms. The van der Waals surface area contributed by atoms with E-state index in [-0.39, 0.29) is 6.54 Å². The van der Waals surface area contributed by atoms with Crippen molar-refractivity contribution in [3.05, 3.63) is 24.5 Å². The molecule has 1 saturated carbocycles. The van der Waals surface area contributed by atoms with E-state index >= 15 is 0 Å². The lowest BCUT2D eigenvalue weighted by Crippen LogP contribution is -2.56. The summed E-state index contributed by atoms with van der Waals surface area (Å²) in [5.41, 5.74) is -0.458. The van der Waals surface area contributed by atoms with E-state index in [1.54, 1.807) is 6.20 Å². The second-order valence-electron chi connectivity index (χ2n) is 7.47. The number of carboxylic acid groups (broad SMARTS) is 1. The van der Waals surface area contributed by atoms with Crippen LogP contribution in [0, 0.1) is 11.3 Å². The number of aliphatic hydroxyl groups excluding tert-OH is 1. The molecule has 4 rings (SSSR count). The van der Waals surface area contributed by atoms with Gasteiger partial charge in [-0.25, -0.2) is 4.98 Å². The number of aliphatic carboxylic acids is 1. The predicted molar refractivity (Wildman–Crippen MR) is 94.5 cm³/mol. The minimum absolute atomic E-state index is 0.260. The molecule has 2 N–H and O–H groups in total. The zero-order valence-electron chi connectivity index (χ0n) is 14.7. The number of hydrogen-bond acceptors (Lipinski definition) is 6. The summed E-state index contributed by atoms with van der Waals surface area (Å²) in [6.45, 7) is 0.827. The number of piperidine rings is 1. The standard InChI is InChI=1S/C18H23N5O3/c1-22-9-7-19-16(22)13-4-5-15(21-20-13)23-8-6-14(24)18(11-23,17(25)26)10-12-2-3-12/h4-5,7,9,12,14,24H,2-3,6,8,10-11H2,1H3,(H,25,26)/t14-,18+/m0/s1. The van der Waals surface area contributed by atoms with Gasteiger partial charge in [0, 0.05) is 32.5 Å². The van der Waals surface area contributed by atoms with Crippen molar-refractivity contribution in [3.8, 4) is 11.5 Å². The molecule has 0 bridgehead atoms. The molecule has 0 amide bonds. The maximum Gasteiger partial charge on any atom is 0.314 e. The predicted octanol–water partition coefficient (Wildman–Crippen LogP) is 1.32. The Hall–Kier alpha value is -2.48. The van der Waals surface area contributed by atoms with Crippen LogP contribution in [0.1, 0.15) is 25.7 Å². The van der Waals surface area contributed by atoms with Crippen LogP contribution in [-0.2, 0) is 11.8 Å². The molecule has 0 spiro atoms. The van der Waals surface area contributed by atoms with E-state index in [1.807, 2.05) is 34.8 Å². The van der Waals surface area contributed by atoms with Gasteiger partial charge in [0.05, 0.1) is 6.10 Å². The number of aromatic nitrogens is 4. The van der Waals surface area contributed by atoms with E-state index in [2.05, 4.69) is 15.2 Å². The van der Waals surface area contributed by atoms with E-state index in [9.17, 15) is 15.0 Å². The Labute approximate surface area is 151 Å². The number of nitrogens with zero attached hydrogens (tertiary/aromatic N) is 5. The van der Waals surface area contributed by atoms with E-state index in [1.165, 1.54) is 0 Å². The Balaban J connectivity index is 1.57. The summed E-state index contributed by atoms with van der Waals surface area (Å²) in [6, 6.07) is 3.69. The maximum atomic E-state index is 12.0. The molecule has 2 atom stereocenters. The van der Waals surface area contributed by atoms with Crippen LogP contribution in [0.4, 0.5) is 5.82 Å². The smallest absolute Gasteiger partial charge is 0.314 e. The number of aliphatic hydroxyl groups is 1. The molecular formula is C18H23N5O3. The Morgan fingerprint density at radius 3 is 2.69 bits per heavy atom. The lowest BCUT2D eigenvalue weighted by molar-refractivity contribution is -0.158. The second kappa shape index (κ2) is 6.35. The number of rotatable bonds is 5. The molecule has 138 valence electrons. The van der Waals surface area contributed by atoms with Crippen molar-refractivity contribution in [3.63, 3.8) is 0 Å². The Bertz CT molecular complexity index is 801. The van der Waals surface area contributed by atoms with Crippen LogP contribution in [0.5, 0.6) is 0 Å². The van der Waals surface area contributed by atoms with Gasteiger partial charge in [-0.2, -0.15) is 0 Å². The van der Waals surface area contributed by atoms with E-state index < -0.39 is 17.5 Å². The van der Waals surface area contributed by atoms with E-state index in [4.69, 9.17) is 0 Å². The molecule has 2 aromatic heterocycles. The molecule has 8 heteroatoms. The minimum atomic E-state index is -1.13. The monoisotopic (exact) mass is 357 g/mol. The topological polar surface area (TPSA) is 104 Å². The number of carboxylic acids is 1. The first kappa shape index (κ1) is 17.0.